The number of nitrogens with one attached hydrogen (secondary N) is 1. The van der Waals surface area contributed by atoms with Crippen LogP contribution in [0.3, 0.4) is 0 Å². The maximum Gasteiger partial charge on any atom is 0.137 e. The SMILES string of the molecule is CCCNC(CCC)c1ccc(OC)c(Cl)c1. The Labute approximate surface area is 109 Å². The molecule has 0 aliphatic heterocycles. The number of hydrogen-bond donors (Lipinski definition) is 1. The molecular weight excluding hydrogens is 234 g/mol. The molecule has 0 aromatic heterocycles. The predicted molar refractivity (Wildman–Crippen MR) is 73.9 cm³/mol. The zero-order valence-electron chi connectivity index (χ0n) is 10.9. The molecule has 0 radical (unpaired) electrons. The average Bonchev–Trinajstić information content (AvgIpc) is 2.34. The van der Waals surface area contributed by atoms with Crippen LogP contribution in [0.15, 0.2) is 18.2 Å². The molecule has 0 spiro atoms. The number of methoxy groups -OCH3 is 1. The van der Waals surface area contributed by atoms with E-state index in [1.807, 2.05) is 12.1 Å². The molecule has 0 saturated heterocycles. The minimum atomic E-state index is 0.392. The maximum absolute atomic E-state index is 6.16. The van der Waals surface area contributed by atoms with Gasteiger partial charge in [0.2, 0.25) is 0 Å². The summed E-state index contributed by atoms with van der Waals surface area (Å²) in [6, 6.07) is 6.42. The first kappa shape index (κ1) is 14.3. The smallest absolute Gasteiger partial charge is 0.137 e. The van der Waals surface area contributed by atoms with Gasteiger partial charge in [0.15, 0.2) is 0 Å². The van der Waals surface area contributed by atoms with E-state index in [4.69, 9.17) is 16.3 Å². The summed E-state index contributed by atoms with van der Waals surface area (Å²) in [4.78, 5) is 0. The lowest BCUT2D eigenvalue weighted by atomic mass is 10.0. The maximum atomic E-state index is 6.16. The highest BCUT2D eigenvalue weighted by atomic mass is 35.5. The second-order valence-electron chi connectivity index (χ2n) is 4.19. The molecule has 0 saturated carbocycles. The lowest BCUT2D eigenvalue weighted by molar-refractivity contribution is 0.414. The van der Waals surface area contributed by atoms with E-state index in [-0.39, 0.29) is 0 Å². The highest BCUT2D eigenvalue weighted by Gasteiger charge is 2.11. The molecule has 0 heterocycles. The normalized spacial score (nSPS) is 12.5. The van der Waals surface area contributed by atoms with Crippen LogP contribution in [0.5, 0.6) is 5.75 Å². The van der Waals surface area contributed by atoms with Crippen molar-refractivity contribution in [1.82, 2.24) is 5.32 Å². The van der Waals surface area contributed by atoms with Crippen LogP contribution < -0.4 is 10.1 Å². The van der Waals surface area contributed by atoms with Crippen LogP contribution in [0.4, 0.5) is 0 Å². The van der Waals surface area contributed by atoms with E-state index in [0.717, 1.165) is 31.6 Å². The first-order valence-corrected chi connectivity index (χ1v) is 6.67. The second-order valence-corrected chi connectivity index (χ2v) is 4.60. The van der Waals surface area contributed by atoms with Crippen molar-refractivity contribution >= 4 is 11.6 Å². The standard InChI is InChI=1S/C14H22ClNO/c1-4-6-13(16-9-5-2)11-7-8-14(17-3)12(15)10-11/h7-8,10,13,16H,4-6,9H2,1-3H3. The summed E-state index contributed by atoms with van der Waals surface area (Å²) in [6.45, 7) is 5.41. The molecule has 1 N–H and O–H groups in total. The largest absolute Gasteiger partial charge is 0.495 e. The highest BCUT2D eigenvalue weighted by molar-refractivity contribution is 6.32. The summed E-state index contributed by atoms with van der Waals surface area (Å²) in [5.74, 6) is 0.737. The fraction of sp³-hybridized carbons (Fsp3) is 0.571. The van der Waals surface area contributed by atoms with Crippen molar-refractivity contribution in [2.24, 2.45) is 0 Å². The molecule has 1 aromatic carbocycles. The van der Waals surface area contributed by atoms with Gasteiger partial charge in [-0.05, 0) is 37.1 Å². The van der Waals surface area contributed by atoms with Crippen molar-refractivity contribution in [1.29, 1.82) is 0 Å². The van der Waals surface area contributed by atoms with Gasteiger partial charge in [-0.25, -0.2) is 0 Å². The van der Waals surface area contributed by atoms with Crippen molar-refractivity contribution in [2.45, 2.75) is 39.2 Å². The number of hydrogen-bond acceptors (Lipinski definition) is 2. The van der Waals surface area contributed by atoms with Crippen molar-refractivity contribution in [2.75, 3.05) is 13.7 Å². The molecule has 1 aromatic rings. The van der Waals surface area contributed by atoms with E-state index in [0.29, 0.717) is 11.1 Å². The molecule has 1 rings (SSSR count). The Kier molecular flexibility index (Phi) is 6.38. The topological polar surface area (TPSA) is 21.3 Å². The summed E-state index contributed by atoms with van der Waals surface area (Å²) in [6.07, 6.45) is 3.43. The van der Waals surface area contributed by atoms with E-state index < -0.39 is 0 Å². The Morgan fingerprint density at radius 3 is 2.59 bits per heavy atom. The molecule has 1 unspecified atom stereocenters. The van der Waals surface area contributed by atoms with Crippen molar-refractivity contribution < 1.29 is 4.74 Å². The Bertz CT molecular complexity index is 341. The highest BCUT2D eigenvalue weighted by Crippen LogP contribution is 2.29. The van der Waals surface area contributed by atoms with Gasteiger partial charge in [0.1, 0.15) is 5.75 Å². The van der Waals surface area contributed by atoms with Crippen LogP contribution in [-0.4, -0.2) is 13.7 Å². The van der Waals surface area contributed by atoms with Crippen molar-refractivity contribution in [3.8, 4) is 5.75 Å². The van der Waals surface area contributed by atoms with Crippen LogP contribution in [0.25, 0.3) is 0 Å². The Morgan fingerprint density at radius 1 is 1.29 bits per heavy atom. The zero-order valence-corrected chi connectivity index (χ0v) is 11.7. The lowest BCUT2D eigenvalue weighted by Gasteiger charge is -2.19. The third-order valence-electron chi connectivity index (χ3n) is 2.80. The average molecular weight is 256 g/mol. The lowest BCUT2D eigenvalue weighted by Crippen LogP contribution is -2.21. The van der Waals surface area contributed by atoms with Gasteiger partial charge in [-0.15, -0.1) is 0 Å². The van der Waals surface area contributed by atoms with Gasteiger partial charge in [0, 0.05) is 6.04 Å². The molecule has 0 aliphatic carbocycles. The molecule has 0 bridgehead atoms. The molecule has 3 heteroatoms. The van der Waals surface area contributed by atoms with Crippen LogP contribution in [0, 0.1) is 0 Å². The summed E-state index contributed by atoms with van der Waals surface area (Å²) in [5, 5.41) is 4.24. The summed E-state index contributed by atoms with van der Waals surface area (Å²) >= 11 is 6.16. The molecular formula is C14H22ClNO. The first-order chi connectivity index (χ1) is 8.22. The molecule has 0 fully saturated rings. The van der Waals surface area contributed by atoms with Gasteiger partial charge in [-0.2, -0.15) is 0 Å². The minimum Gasteiger partial charge on any atom is -0.495 e. The number of rotatable bonds is 7. The van der Waals surface area contributed by atoms with Gasteiger partial charge in [-0.1, -0.05) is 37.9 Å². The molecule has 2 nitrogen and oxygen atoms in total. The van der Waals surface area contributed by atoms with Crippen LogP contribution >= 0.6 is 11.6 Å². The quantitative estimate of drug-likeness (QED) is 0.789. The van der Waals surface area contributed by atoms with Gasteiger partial charge >= 0.3 is 0 Å². The van der Waals surface area contributed by atoms with Gasteiger partial charge in [-0.3, -0.25) is 0 Å². The molecule has 96 valence electrons. The molecule has 1 atom stereocenters. The van der Waals surface area contributed by atoms with E-state index in [9.17, 15) is 0 Å². The summed E-state index contributed by atoms with van der Waals surface area (Å²) in [5.41, 5.74) is 1.24. The van der Waals surface area contributed by atoms with E-state index >= 15 is 0 Å². The van der Waals surface area contributed by atoms with Crippen molar-refractivity contribution in [3.63, 3.8) is 0 Å². The van der Waals surface area contributed by atoms with E-state index in [1.165, 1.54) is 5.56 Å². The van der Waals surface area contributed by atoms with Crippen LogP contribution in [-0.2, 0) is 0 Å². The molecule has 0 aliphatic rings. The predicted octanol–water partition coefficient (Wildman–Crippen LogP) is 4.19. The van der Waals surface area contributed by atoms with Gasteiger partial charge in [0.05, 0.1) is 12.1 Å². The van der Waals surface area contributed by atoms with Gasteiger partial charge < -0.3 is 10.1 Å². The summed E-state index contributed by atoms with van der Waals surface area (Å²) < 4.78 is 5.17. The number of halogens is 1. The summed E-state index contributed by atoms with van der Waals surface area (Å²) in [7, 11) is 1.64. The zero-order chi connectivity index (χ0) is 12.7. The monoisotopic (exact) mass is 255 g/mol. The fourth-order valence-electron chi connectivity index (χ4n) is 1.89. The first-order valence-electron chi connectivity index (χ1n) is 6.29. The third kappa shape index (κ3) is 4.21. The minimum absolute atomic E-state index is 0.392. The van der Waals surface area contributed by atoms with E-state index in [1.54, 1.807) is 7.11 Å². The van der Waals surface area contributed by atoms with Crippen molar-refractivity contribution in [3.05, 3.63) is 28.8 Å². The Hall–Kier alpha value is -0.730. The fourth-order valence-corrected chi connectivity index (χ4v) is 2.16. The third-order valence-corrected chi connectivity index (χ3v) is 3.09. The van der Waals surface area contributed by atoms with E-state index in [2.05, 4.69) is 25.2 Å². The van der Waals surface area contributed by atoms with Crippen LogP contribution in [0.2, 0.25) is 5.02 Å². The Morgan fingerprint density at radius 2 is 2.06 bits per heavy atom. The second kappa shape index (κ2) is 7.57. The molecule has 17 heavy (non-hydrogen) atoms. The number of ether oxygens (including phenoxy) is 1. The van der Waals surface area contributed by atoms with Crippen LogP contribution in [0.1, 0.15) is 44.7 Å². The Balaban J connectivity index is 2.82. The number of benzene rings is 1. The van der Waals surface area contributed by atoms with Gasteiger partial charge in [0.25, 0.3) is 0 Å². The molecule has 0 amide bonds.